The summed E-state index contributed by atoms with van der Waals surface area (Å²) >= 11 is 3.20. The van der Waals surface area contributed by atoms with Crippen LogP contribution in [0.1, 0.15) is 10.4 Å². The Morgan fingerprint density at radius 1 is 1.07 bits per heavy atom. The first-order chi connectivity index (χ1) is 13.5. The molecule has 29 heavy (non-hydrogen) atoms. The SMILES string of the molecule is O=C(COC(=O)c1cccc(NS(=O)(=O)c2ccc(Br)cc2)c1)NCC(F)(F)F. The molecule has 0 heterocycles. The zero-order valence-electron chi connectivity index (χ0n) is 14.5. The number of alkyl halides is 3. The molecular weight excluding hydrogens is 481 g/mol. The van der Waals surface area contributed by atoms with Crippen molar-refractivity contribution in [2.45, 2.75) is 11.1 Å². The summed E-state index contributed by atoms with van der Waals surface area (Å²) < 4.78 is 68.4. The highest BCUT2D eigenvalue weighted by molar-refractivity contribution is 9.10. The van der Waals surface area contributed by atoms with E-state index in [4.69, 9.17) is 0 Å². The molecule has 1 amide bonds. The Balaban J connectivity index is 2.00. The van der Waals surface area contributed by atoms with Gasteiger partial charge in [0.2, 0.25) is 0 Å². The van der Waals surface area contributed by atoms with Crippen LogP contribution in [0.5, 0.6) is 0 Å². The zero-order chi connectivity index (χ0) is 21.7. The van der Waals surface area contributed by atoms with Crippen molar-refractivity contribution in [2.75, 3.05) is 17.9 Å². The number of amides is 1. The number of halogens is 4. The smallest absolute Gasteiger partial charge is 0.405 e. The molecule has 7 nitrogen and oxygen atoms in total. The Hall–Kier alpha value is -2.60. The second-order valence-corrected chi connectivity index (χ2v) is 8.21. The summed E-state index contributed by atoms with van der Waals surface area (Å²) in [5.41, 5.74) is -0.0338. The molecular formula is C17H14BrF3N2O5S. The molecule has 2 aromatic carbocycles. The standard InChI is InChI=1S/C17H14BrF3N2O5S/c18-12-4-6-14(7-5-12)29(26,27)23-13-3-1-2-11(8-13)16(25)28-9-15(24)22-10-17(19,20)21/h1-8,23H,9-10H2,(H,22,24). The number of rotatable bonds is 7. The van der Waals surface area contributed by atoms with E-state index < -0.39 is 41.2 Å². The molecule has 0 spiro atoms. The van der Waals surface area contributed by atoms with E-state index in [1.165, 1.54) is 36.4 Å². The van der Waals surface area contributed by atoms with E-state index in [1.807, 2.05) is 0 Å². The van der Waals surface area contributed by atoms with Crippen molar-refractivity contribution in [2.24, 2.45) is 0 Å². The summed E-state index contributed by atoms with van der Waals surface area (Å²) in [5, 5.41) is 1.56. The molecule has 156 valence electrons. The lowest BCUT2D eigenvalue weighted by atomic mass is 10.2. The van der Waals surface area contributed by atoms with Gasteiger partial charge in [-0.2, -0.15) is 13.2 Å². The largest absolute Gasteiger partial charge is 0.452 e. The Kier molecular flexibility index (Phi) is 7.25. The molecule has 0 aromatic heterocycles. The van der Waals surface area contributed by atoms with E-state index in [2.05, 4.69) is 25.4 Å². The number of hydrogen-bond donors (Lipinski definition) is 2. The number of sulfonamides is 1. The van der Waals surface area contributed by atoms with Crippen LogP contribution in [0.3, 0.4) is 0 Å². The van der Waals surface area contributed by atoms with Crippen molar-refractivity contribution < 1.29 is 35.9 Å². The topological polar surface area (TPSA) is 102 Å². The van der Waals surface area contributed by atoms with E-state index in [9.17, 15) is 31.2 Å². The van der Waals surface area contributed by atoms with Crippen molar-refractivity contribution in [3.8, 4) is 0 Å². The Bertz CT molecular complexity index is 995. The molecule has 0 aliphatic heterocycles. The van der Waals surface area contributed by atoms with Gasteiger partial charge in [0.05, 0.1) is 10.5 Å². The van der Waals surface area contributed by atoms with Gasteiger partial charge in [-0.25, -0.2) is 13.2 Å². The third-order valence-corrected chi connectivity index (χ3v) is 5.22. The number of esters is 1. The highest BCUT2D eigenvalue weighted by Gasteiger charge is 2.27. The molecule has 0 aliphatic carbocycles. The summed E-state index contributed by atoms with van der Waals surface area (Å²) in [6.45, 7) is -2.46. The highest BCUT2D eigenvalue weighted by atomic mass is 79.9. The van der Waals surface area contributed by atoms with E-state index >= 15 is 0 Å². The average molecular weight is 495 g/mol. The normalized spacial score (nSPS) is 11.6. The van der Waals surface area contributed by atoms with Crippen LogP contribution in [-0.2, 0) is 19.6 Å². The minimum absolute atomic E-state index is 0.00462. The van der Waals surface area contributed by atoms with E-state index in [-0.39, 0.29) is 16.1 Å². The van der Waals surface area contributed by atoms with E-state index in [0.717, 1.165) is 0 Å². The maximum atomic E-state index is 12.4. The fourth-order valence-electron chi connectivity index (χ4n) is 2.00. The maximum absolute atomic E-state index is 12.4. The van der Waals surface area contributed by atoms with Gasteiger partial charge in [-0.1, -0.05) is 22.0 Å². The van der Waals surface area contributed by atoms with Crippen LogP contribution >= 0.6 is 15.9 Å². The van der Waals surface area contributed by atoms with Gasteiger partial charge in [0.15, 0.2) is 6.61 Å². The van der Waals surface area contributed by atoms with Crippen LogP contribution in [0.4, 0.5) is 18.9 Å². The van der Waals surface area contributed by atoms with E-state index in [1.54, 1.807) is 17.4 Å². The molecule has 12 heteroatoms. The molecule has 2 N–H and O–H groups in total. The quantitative estimate of drug-likeness (QED) is 0.576. The summed E-state index contributed by atoms with van der Waals surface area (Å²) in [5.74, 6) is -2.13. The van der Waals surface area contributed by atoms with Crippen LogP contribution in [0.2, 0.25) is 0 Å². The molecule has 0 radical (unpaired) electrons. The molecule has 0 saturated carbocycles. The number of ether oxygens (including phenoxy) is 1. The maximum Gasteiger partial charge on any atom is 0.405 e. The molecule has 0 bridgehead atoms. The molecule has 2 rings (SSSR count). The van der Waals surface area contributed by atoms with Gasteiger partial charge in [0.1, 0.15) is 6.54 Å². The third-order valence-electron chi connectivity index (χ3n) is 3.29. The second-order valence-electron chi connectivity index (χ2n) is 5.61. The van der Waals surface area contributed by atoms with Gasteiger partial charge < -0.3 is 10.1 Å². The first-order valence-corrected chi connectivity index (χ1v) is 10.1. The fraction of sp³-hybridized carbons (Fsp3) is 0.176. The molecule has 0 saturated heterocycles. The van der Waals surface area contributed by atoms with Crippen LogP contribution in [0.25, 0.3) is 0 Å². The minimum Gasteiger partial charge on any atom is -0.452 e. The first kappa shape index (κ1) is 22.7. The number of carbonyl (C=O) groups excluding carboxylic acids is 2. The minimum atomic E-state index is -4.58. The second kappa shape index (κ2) is 9.27. The average Bonchev–Trinajstić information content (AvgIpc) is 2.64. The predicted molar refractivity (Wildman–Crippen MR) is 101 cm³/mol. The van der Waals surface area contributed by atoms with Gasteiger partial charge in [-0.15, -0.1) is 0 Å². The summed E-state index contributed by atoms with van der Waals surface area (Å²) in [6, 6.07) is 11.1. The van der Waals surface area contributed by atoms with Gasteiger partial charge in [0.25, 0.3) is 15.9 Å². The van der Waals surface area contributed by atoms with Crippen molar-refractivity contribution in [1.29, 1.82) is 0 Å². The van der Waals surface area contributed by atoms with Gasteiger partial charge >= 0.3 is 12.1 Å². The monoisotopic (exact) mass is 494 g/mol. The Morgan fingerprint density at radius 3 is 2.34 bits per heavy atom. The van der Waals surface area contributed by atoms with Crippen LogP contribution in [-0.4, -0.2) is 39.6 Å². The number of anilines is 1. The number of benzene rings is 2. The predicted octanol–water partition coefficient (Wildman–Crippen LogP) is 3.09. The summed E-state index contributed by atoms with van der Waals surface area (Å²) in [4.78, 5) is 23.2. The number of nitrogens with one attached hydrogen (secondary N) is 2. The van der Waals surface area contributed by atoms with E-state index in [0.29, 0.717) is 4.47 Å². The van der Waals surface area contributed by atoms with Crippen molar-refractivity contribution in [3.05, 3.63) is 58.6 Å². The molecule has 0 aliphatic rings. The van der Waals surface area contributed by atoms with Crippen LogP contribution in [0.15, 0.2) is 57.9 Å². The lowest BCUT2D eigenvalue weighted by molar-refractivity contribution is -0.140. The molecule has 0 atom stereocenters. The Labute approximate surface area is 172 Å². The lowest BCUT2D eigenvalue weighted by Crippen LogP contribution is -2.36. The lowest BCUT2D eigenvalue weighted by Gasteiger charge is -2.10. The van der Waals surface area contributed by atoms with Crippen molar-refractivity contribution in [1.82, 2.24) is 5.32 Å². The van der Waals surface area contributed by atoms with Gasteiger partial charge in [-0.05, 0) is 42.5 Å². The Morgan fingerprint density at radius 2 is 1.72 bits per heavy atom. The van der Waals surface area contributed by atoms with Crippen LogP contribution < -0.4 is 10.0 Å². The van der Waals surface area contributed by atoms with Crippen molar-refractivity contribution >= 4 is 43.5 Å². The first-order valence-electron chi connectivity index (χ1n) is 7.85. The van der Waals surface area contributed by atoms with Gasteiger partial charge in [-0.3, -0.25) is 9.52 Å². The van der Waals surface area contributed by atoms with Gasteiger partial charge in [0, 0.05) is 10.2 Å². The summed E-state index contributed by atoms with van der Waals surface area (Å²) in [6.07, 6.45) is -4.58. The zero-order valence-corrected chi connectivity index (χ0v) is 16.9. The highest BCUT2D eigenvalue weighted by Crippen LogP contribution is 2.19. The molecule has 2 aromatic rings. The summed E-state index contributed by atoms with van der Waals surface area (Å²) in [7, 11) is -3.91. The number of hydrogen-bond acceptors (Lipinski definition) is 5. The third kappa shape index (κ3) is 7.38. The fourth-order valence-corrected chi connectivity index (χ4v) is 3.32. The molecule has 0 fully saturated rings. The van der Waals surface area contributed by atoms with Crippen LogP contribution in [0, 0.1) is 0 Å². The molecule has 0 unspecified atom stereocenters. The number of carbonyl (C=O) groups is 2. The van der Waals surface area contributed by atoms with Crippen molar-refractivity contribution in [3.63, 3.8) is 0 Å².